The van der Waals surface area contributed by atoms with Crippen LogP contribution in [0.2, 0.25) is 0 Å². The highest BCUT2D eigenvalue weighted by molar-refractivity contribution is 5.99. The number of carbonyl (C=O) groups excluding carboxylic acids is 2. The first-order chi connectivity index (χ1) is 13.3. The molecule has 0 bridgehead atoms. The van der Waals surface area contributed by atoms with Gasteiger partial charge in [0.1, 0.15) is 5.56 Å². The zero-order valence-corrected chi connectivity index (χ0v) is 16.6. The van der Waals surface area contributed by atoms with Crippen LogP contribution in [0.15, 0.2) is 47.4 Å². The van der Waals surface area contributed by atoms with E-state index in [1.165, 1.54) is 17.2 Å². The molecular weight excluding hydrogens is 354 g/mol. The van der Waals surface area contributed by atoms with Gasteiger partial charge in [0.25, 0.3) is 17.4 Å². The second-order valence-electron chi connectivity index (χ2n) is 8.11. The van der Waals surface area contributed by atoms with Crippen molar-refractivity contribution in [3.8, 4) is 0 Å². The van der Waals surface area contributed by atoms with Gasteiger partial charge in [0.2, 0.25) is 0 Å². The Labute approximate surface area is 165 Å². The molecule has 1 aliphatic carbocycles. The number of hydrogen-bond acceptors (Lipinski definition) is 3. The zero-order valence-electron chi connectivity index (χ0n) is 16.6. The maximum atomic E-state index is 12.8. The van der Waals surface area contributed by atoms with Crippen LogP contribution in [-0.4, -0.2) is 34.3 Å². The van der Waals surface area contributed by atoms with Crippen molar-refractivity contribution in [2.45, 2.75) is 45.2 Å². The van der Waals surface area contributed by atoms with E-state index in [2.05, 4.69) is 24.1 Å². The lowest BCUT2D eigenvalue weighted by Crippen LogP contribution is -2.38. The Hall–Kier alpha value is -2.89. The number of nitrogens with zero attached hydrogens (tertiary/aromatic N) is 1. The Morgan fingerprint density at radius 2 is 1.89 bits per heavy atom. The summed E-state index contributed by atoms with van der Waals surface area (Å²) in [5.74, 6) is -0.181. The first-order valence-corrected chi connectivity index (χ1v) is 9.64. The van der Waals surface area contributed by atoms with Gasteiger partial charge in [-0.2, -0.15) is 0 Å². The van der Waals surface area contributed by atoms with Crippen LogP contribution in [0, 0.1) is 5.92 Å². The lowest BCUT2D eigenvalue weighted by atomic mass is 10.0. The molecule has 1 aromatic carbocycles. The predicted octanol–water partition coefficient (Wildman–Crippen LogP) is 2.96. The van der Waals surface area contributed by atoms with Crippen molar-refractivity contribution in [1.82, 2.24) is 15.2 Å². The molecular formula is C22H27N3O3. The summed E-state index contributed by atoms with van der Waals surface area (Å²) in [6.07, 6.45) is 4.22. The summed E-state index contributed by atoms with van der Waals surface area (Å²) in [6, 6.07) is 10.9. The first kappa shape index (κ1) is 19.9. The van der Waals surface area contributed by atoms with E-state index in [1.807, 2.05) is 30.3 Å². The fraction of sp³-hybridized carbons (Fsp3) is 0.409. The molecule has 2 aromatic rings. The monoisotopic (exact) mass is 381 g/mol. The van der Waals surface area contributed by atoms with Crippen molar-refractivity contribution in [2.75, 3.05) is 7.05 Å². The van der Waals surface area contributed by atoms with Crippen molar-refractivity contribution in [3.05, 3.63) is 69.6 Å². The van der Waals surface area contributed by atoms with Crippen molar-refractivity contribution in [1.29, 1.82) is 0 Å². The molecule has 0 radical (unpaired) electrons. The molecule has 0 atom stereocenters. The molecule has 1 fully saturated rings. The van der Waals surface area contributed by atoms with E-state index in [0.29, 0.717) is 18.0 Å². The minimum atomic E-state index is -0.496. The normalized spacial score (nSPS) is 14.6. The summed E-state index contributed by atoms with van der Waals surface area (Å²) >= 11 is 0. The molecule has 1 aromatic heterocycles. The number of amides is 2. The standard InChI is InChI=1S/C22H27N3O3/c1-15(2)12-22(9-10-22)24-19(26)17-11-18(20(27)23-13-17)21(28)25(3)14-16-7-5-4-6-8-16/h4-8,11,13,15H,9-10,12,14H2,1-3H3,(H,23,27)(H,24,26). The molecule has 1 heterocycles. The molecule has 28 heavy (non-hydrogen) atoms. The number of aromatic nitrogens is 1. The maximum absolute atomic E-state index is 12.8. The topological polar surface area (TPSA) is 82.3 Å². The van der Waals surface area contributed by atoms with Crippen LogP contribution in [0.3, 0.4) is 0 Å². The Morgan fingerprint density at radius 3 is 2.50 bits per heavy atom. The van der Waals surface area contributed by atoms with Crippen LogP contribution in [0.4, 0.5) is 0 Å². The van der Waals surface area contributed by atoms with Crippen molar-refractivity contribution >= 4 is 11.8 Å². The summed E-state index contributed by atoms with van der Waals surface area (Å²) in [4.78, 5) is 41.6. The minimum Gasteiger partial charge on any atom is -0.347 e. The van der Waals surface area contributed by atoms with E-state index in [0.717, 1.165) is 24.8 Å². The quantitative estimate of drug-likeness (QED) is 0.774. The van der Waals surface area contributed by atoms with Gasteiger partial charge in [-0.25, -0.2) is 0 Å². The molecule has 1 aliphatic rings. The van der Waals surface area contributed by atoms with Crippen LogP contribution < -0.4 is 10.9 Å². The van der Waals surface area contributed by atoms with Crippen molar-refractivity contribution < 1.29 is 9.59 Å². The maximum Gasteiger partial charge on any atom is 0.260 e. The molecule has 3 rings (SSSR count). The van der Waals surface area contributed by atoms with Crippen LogP contribution in [0.5, 0.6) is 0 Å². The summed E-state index contributed by atoms with van der Waals surface area (Å²) in [7, 11) is 1.64. The molecule has 2 N–H and O–H groups in total. The summed E-state index contributed by atoms with van der Waals surface area (Å²) in [6.45, 7) is 4.64. The number of H-pyrrole nitrogens is 1. The Kier molecular flexibility index (Phi) is 5.68. The second kappa shape index (κ2) is 8.00. The summed E-state index contributed by atoms with van der Waals surface area (Å²) < 4.78 is 0. The predicted molar refractivity (Wildman–Crippen MR) is 108 cm³/mol. The van der Waals surface area contributed by atoms with Gasteiger partial charge in [-0.05, 0) is 36.8 Å². The molecule has 0 aliphatic heterocycles. The third-order valence-corrected chi connectivity index (χ3v) is 5.04. The van der Waals surface area contributed by atoms with Gasteiger partial charge in [-0.3, -0.25) is 14.4 Å². The first-order valence-electron chi connectivity index (χ1n) is 9.64. The van der Waals surface area contributed by atoms with E-state index < -0.39 is 11.5 Å². The number of aromatic amines is 1. The van der Waals surface area contributed by atoms with E-state index in [1.54, 1.807) is 7.05 Å². The smallest absolute Gasteiger partial charge is 0.260 e. The van der Waals surface area contributed by atoms with Gasteiger partial charge in [-0.1, -0.05) is 44.2 Å². The van der Waals surface area contributed by atoms with E-state index in [9.17, 15) is 14.4 Å². The molecule has 6 nitrogen and oxygen atoms in total. The van der Waals surface area contributed by atoms with Crippen LogP contribution in [0.25, 0.3) is 0 Å². The second-order valence-corrected chi connectivity index (χ2v) is 8.11. The van der Waals surface area contributed by atoms with E-state index in [4.69, 9.17) is 0 Å². The van der Waals surface area contributed by atoms with Crippen LogP contribution >= 0.6 is 0 Å². The average Bonchev–Trinajstić information content (AvgIpc) is 3.40. The zero-order chi connectivity index (χ0) is 20.3. The number of carbonyl (C=O) groups is 2. The van der Waals surface area contributed by atoms with Crippen molar-refractivity contribution in [2.24, 2.45) is 5.92 Å². The highest BCUT2D eigenvalue weighted by Crippen LogP contribution is 2.41. The van der Waals surface area contributed by atoms with Gasteiger partial charge >= 0.3 is 0 Å². The number of rotatable bonds is 7. The Bertz CT molecular complexity index is 914. The third kappa shape index (κ3) is 4.68. The third-order valence-electron chi connectivity index (χ3n) is 5.04. The number of hydrogen-bond donors (Lipinski definition) is 2. The molecule has 148 valence electrons. The summed E-state index contributed by atoms with van der Waals surface area (Å²) in [5.41, 5.74) is 0.596. The fourth-order valence-electron chi connectivity index (χ4n) is 3.53. The lowest BCUT2D eigenvalue weighted by Gasteiger charge is -2.20. The number of pyridine rings is 1. The Morgan fingerprint density at radius 1 is 1.21 bits per heavy atom. The highest BCUT2D eigenvalue weighted by Gasteiger charge is 2.44. The Balaban J connectivity index is 1.74. The average molecular weight is 381 g/mol. The van der Waals surface area contributed by atoms with Gasteiger partial charge in [0, 0.05) is 25.3 Å². The van der Waals surface area contributed by atoms with Gasteiger partial charge in [0.15, 0.2) is 0 Å². The largest absolute Gasteiger partial charge is 0.347 e. The van der Waals surface area contributed by atoms with Gasteiger partial charge < -0.3 is 15.2 Å². The fourth-order valence-corrected chi connectivity index (χ4v) is 3.53. The molecule has 0 unspecified atom stereocenters. The number of nitrogens with one attached hydrogen (secondary N) is 2. The SMILES string of the molecule is CC(C)CC1(NC(=O)c2c[nH]c(=O)c(C(=O)N(C)Cc3ccccc3)c2)CC1. The van der Waals surface area contributed by atoms with Crippen LogP contribution in [-0.2, 0) is 6.54 Å². The lowest BCUT2D eigenvalue weighted by molar-refractivity contribution is 0.0783. The molecule has 0 spiro atoms. The minimum absolute atomic E-state index is 0.0280. The van der Waals surface area contributed by atoms with Crippen molar-refractivity contribution in [3.63, 3.8) is 0 Å². The molecule has 0 saturated heterocycles. The van der Waals surface area contributed by atoms with E-state index in [-0.39, 0.29) is 17.0 Å². The summed E-state index contributed by atoms with van der Waals surface area (Å²) in [5, 5.41) is 3.08. The number of benzene rings is 1. The van der Waals surface area contributed by atoms with Gasteiger partial charge in [-0.15, -0.1) is 0 Å². The highest BCUT2D eigenvalue weighted by atomic mass is 16.2. The molecule has 1 saturated carbocycles. The molecule has 6 heteroatoms. The van der Waals surface area contributed by atoms with E-state index >= 15 is 0 Å². The van der Waals surface area contributed by atoms with Gasteiger partial charge in [0.05, 0.1) is 5.56 Å². The molecule has 2 amide bonds. The van der Waals surface area contributed by atoms with Crippen LogP contribution in [0.1, 0.15) is 59.4 Å².